The highest BCUT2D eigenvalue weighted by atomic mass is 16.6. The second kappa shape index (κ2) is 8.15. The molecule has 138 valence electrons. The van der Waals surface area contributed by atoms with Crippen molar-refractivity contribution >= 4 is 17.6 Å². The largest absolute Gasteiger partial charge is 0.477 e. The third kappa shape index (κ3) is 4.59. The van der Waals surface area contributed by atoms with E-state index in [-0.39, 0.29) is 23.8 Å². The summed E-state index contributed by atoms with van der Waals surface area (Å²) in [5.74, 6) is 0.151. The Bertz CT molecular complexity index is 828. The predicted molar refractivity (Wildman–Crippen MR) is 89.8 cm³/mol. The smallest absolute Gasteiger partial charge is 0.338 e. The number of ether oxygens (including phenoxy) is 2. The van der Waals surface area contributed by atoms with Gasteiger partial charge in [-0.3, -0.25) is 14.9 Å². The van der Waals surface area contributed by atoms with E-state index in [0.717, 1.165) is 11.8 Å². The average Bonchev–Trinajstić information content (AvgIpc) is 3.03. The summed E-state index contributed by atoms with van der Waals surface area (Å²) in [5.41, 5.74) is -0.409. The summed E-state index contributed by atoms with van der Waals surface area (Å²) in [7, 11) is 2.74. The van der Waals surface area contributed by atoms with Crippen LogP contribution < -0.4 is 4.74 Å². The lowest BCUT2D eigenvalue weighted by atomic mass is 10.2. The number of nitro groups is 1. The van der Waals surface area contributed by atoms with Gasteiger partial charge in [0.1, 0.15) is 11.5 Å². The van der Waals surface area contributed by atoms with Crippen molar-refractivity contribution in [2.45, 2.75) is 13.5 Å². The Labute approximate surface area is 149 Å². The molecule has 9 nitrogen and oxygen atoms in total. The van der Waals surface area contributed by atoms with E-state index in [2.05, 4.69) is 4.74 Å². The van der Waals surface area contributed by atoms with Gasteiger partial charge in [-0.25, -0.2) is 4.79 Å². The molecule has 2 rings (SSSR count). The molecular formula is C17H18N2O7. The Hall–Kier alpha value is -3.36. The molecule has 1 aromatic carbocycles. The lowest BCUT2D eigenvalue weighted by Gasteiger charge is -2.16. The third-order valence-electron chi connectivity index (χ3n) is 3.54. The number of nitro benzene ring substituents is 1. The van der Waals surface area contributed by atoms with Gasteiger partial charge in [0, 0.05) is 13.1 Å². The molecule has 0 N–H and O–H groups in total. The molecule has 1 amide bonds. The SMILES string of the molecule is COC(=O)c1ccc(OCC(=O)N(C)Cc2ccc(C)o2)c([N+](=O)[O-])c1. The van der Waals surface area contributed by atoms with Gasteiger partial charge in [-0.15, -0.1) is 0 Å². The van der Waals surface area contributed by atoms with Gasteiger partial charge in [0.05, 0.1) is 24.1 Å². The fraction of sp³-hybridized carbons (Fsp3) is 0.294. The summed E-state index contributed by atoms with van der Waals surface area (Å²) in [6, 6.07) is 7.18. The van der Waals surface area contributed by atoms with Gasteiger partial charge in [-0.05, 0) is 31.2 Å². The summed E-state index contributed by atoms with van der Waals surface area (Å²) in [4.78, 5) is 35.5. The first kappa shape index (κ1) is 19.0. The average molecular weight is 362 g/mol. The van der Waals surface area contributed by atoms with Crippen LogP contribution >= 0.6 is 0 Å². The molecule has 0 aliphatic rings. The lowest BCUT2D eigenvalue weighted by molar-refractivity contribution is -0.385. The van der Waals surface area contributed by atoms with Crippen LogP contribution in [0.1, 0.15) is 21.9 Å². The van der Waals surface area contributed by atoms with E-state index in [1.807, 2.05) is 0 Å². The van der Waals surface area contributed by atoms with Crippen LogP contribution in [0.4, 0.5) is 5.69 Å². The maximum Gasteiger partial charge on any atom is 0.338 e. The van der Waals surface area contributed by atoms with Crippen molar-refractivity contribution in [3.63, 3.8) is 0 Å². The normalized spacial score (nSPS) is 10.3. The van der Waals surface area contributed by atoms with E-state index in [1.54, 1.807) is 26.1 Å². The summed E-state index contributed by atoms with van der Waals surface area (Å²) in [6.07, 6.45) is 0. The molecule has 0 unspecified atom stereocenters. The molecule has 0 fully saturated rings. The number of nitrogens with zero attached hydrogens (tertiary/aromatic N) is 2. The molecule has 0 bridgehead atoms. The number of likely N-dealkylation sites (N-methyl/N-ethyl adjacent to an activating group) is 1. The molecule has 26 heavy (non-hydrogen) atoms. The molecule has 0 saturated heterocycles. The maximum atomic E-state index is 12.1. The Kier molecular flexibility index (Phi) is 5.94. The first-order chi connectivity index (χ1) is 12.3. The number of rotatable bonds is 7. The molecule has 0 aliphatic carbocycles. The number of methoxy groups -OCH3 is 1. The zero-order valence-corrected chi connectivity index (χ0v) is 14.6. The first-order valence-electron chi connectivity index (χ1n) is 7.60. The number of benzene rings is 1. The van der Waals surface area contributed by atoms with Gasteiger partial charge >= 0.3 is 11.7 Å². The fourth-order valence-corrected chi connectivity index (χ4v) is 2.17. The molecular weight excluding hydrogens is 344 g/mol. The van der Waals surface area contributed by atoms with E-state index in [1.165, 1.54) is 24.1 Å². The van der Waals surface area contributed by atoms with Crippen molar-refractivity contribution in [3.8, 4) is 5.75 Å². The molecule has 9 heteroatoms. The van der Waals surface area contributed by atoms with Crippen LogP contribution in [0.3, 0.4) is 0 Å². The predicted octanol–water partition coefficient (Wildman–Crippen LogP) is 2.32. The number of amides is 1. The molecule has 0 aliphatic heterocycles. The van der Waals surface area contributed by atoms with Crippen molar-refractivity contribution in [2.75, 3.05) is 20.8 Å². The number of furan rings is 1. The molecule has 0 saturated carbocycles. The standard InChI is InChI=1S/C17H18N2O7/c1-11-4-6-13(26-11)9-18(2)16(20)10-25-15-7-5-12(17(21)24-3)8-14(15)19(22)23/h4-8H,9-10H2,1-3H3. The van der Waals surface area contributed by atoms with Crippen LogP contribution in [-0.2, 0) is 16.1 Å². The molecule has 1 heterocycles. The minimum atomic E-state index is -0.704. The maximum absolute atomic E-state index is 12.1. The zero-order valence-electron chi connectivity index (χ0n) is 14.6. The van der Waals surface area contributed by atoms with Crippen molar-refractivity contribution in [3.05, 3.63) is 57.5 Å². The quantitative estimate of drug-likeness (QED) is 0.422. The number of esters is 1. The molecule has 2 aromatic rings. The summed E-state index contributed by atoms with van der Waals surface area (Å²) >= 11 is 0. The molecule has 0 atom stereocenters. The van der Waals surface area contributed by atoms with E-state index in [9.17, 15) is 19.7 Å². The van der Waals surface area contributed by atoms with Gasteiger partial charge in [-0.2, -0.15) is 0 Å². The monoisotopic (exact) mass is 362 g/mol. The van der Waals surface area contributed by atoms with Crippen molar-refractivity contribution in [2.24, 2.45) is 0 Å². The Morgan fingerprint density at radius 1 is 1.27 bits per heavy atom. The lowest BCUT2D eigenvalue weighted by Crippen LogP contribution is -2.30. The van der Waals surface area contributed by atoms with Gasteiger partial charge in [0.2, 0.25) is 0 Å². The highest BCUT2D eigenvalue weighted by Crippen LogP contribution is 2.28. The topological polar surface area (TPSA) is 112 Å². The van der Waals surface area contributed by atoms with Crippen LogP contribution in [0.15, 0.2) is 34.7 Å². The van der Waals surface area contributed by atoms with Gasteiger partial charge < -0.3 is 18.8 Å². The number of hydrogen-bond donors (Lipinski definition) is 0. The van der Waals surface area contributed by atoms with Gasteiger partial charge in [0.15, 0.2) is 12.4 Å². The second-order valence-corrected chi connectivity index (χ2v) is 5.48. The van der Waals surface area contributed by atoms with E-state index < -0.39 is 23.2 Å². The Morgan fingerprint density at radius 2 is 2.00 bits per heavy atom. The molecule has 1 aromatic heterocycles. The second-order valence-electron chi connectivity index (χ2n) is 5.48. The van der Waals surface area contributed by atoms with Crippen molar-refractivity contribution in [1.82, 2.24) is 4.90 Å². The fourth-order valence-electron chi connectivity index (χ4n) is 2.17. The zero-order chi connectivity index (χ0) is 19.3. The van der Waals surface area contributed by atoms with Crippen LogP contribution in [0.5, 0.6) is 5.75 Å². The minimum absolute atomic E-state index is 0.0168. The van der Waals surface area contributed by atoms with Gasteiger partial charge in [0.25, 0.3) is 5.91 Å². The van der Waals surface area contributed by atoms with E-state index in [0.29, 0.717) is 5.76 Å². The highest BCUT2D eigenvalue weighted by molar-refractivity contribution is 5.90. The summed E-state index contributed by atoms with van der Waals surface area (Å²) < 4.78 is 15.2. The summed E-state index contributed by atoms with van der Waals surface area (Å²) in [5, 5.41) is 11.2. The first-order valence-corrected chi connectivity index (χ1v) is 7.60. The van der Waals surface area contributed by atoms with Crippen LogP contribution in [-0.4, -0.2) is 42.5 Å². The molecule has 0 radical (unpaired) electrons. The number of carbonyl (C=O) groups excluding carboxylic acids is 2. The Morgan fingerprint density at radius 3 is 2.58 bits per heavy atom. The number of hydrogen-bond acceptors (Lipinski definition) is 7. The third-order valence-corrected chi connectivity index (χ3v) is 3.54. The minimum Gasteiger partial charge on any atom is -0.477 e. The number of aryl methyl sites for hydroxylation is 1. The highest BCUT2D eigenvalue weighted by Gasteiger charge is 2.21. The summed E-state index contributed by atoms with van der Waals surface area (Å²) in [6.45, 7) is 1.65. The van der Waals surface area contributed by atoms with E-state index >= 15 is 0 Å². The van der Waals surface area contributed by atoms with Crippen LogP contribution in [0.2, 0.25) is 0 Å². The van der Waals surface area contributed by atoms with Crippen LogP contribution in [0, 0.1) is 17.0 Å². The van der Waals surface area contributed by atoms with Crippen LogP contribution in [0.25, 0.3) is 0 Å². The molecule has 0 spiro atoms. The van der Waals surface area contributed by atoms with Crippen molar-refractivity contribution in [1.29, 1.82) is 0 Å². The Balaban J connectivity index is 2.04. The van der Waals surface area contributed by atoms with Crippen molar-refractivity contribution < 1.29 is 28.4 Å². The number of carbonyl (C=O) groups is 2. The van der Waals surface area contributed by atoms with Gasteiger partial charge in [-0.1, -0.05) is 0 Å². The van der Waals surface area contributed by atoms with E-state index in [4.69, 9.17) is 9.15 Å².